The van der Waals surface area contributed by atoms with Crippen molar-refractivity contribution in [1.82, 2.24) is 9.80 Å². The lowest BCUT2D eigenvalue weighted by molar-refractivity contribution is -0.137. The van der Waals surface area contributed by atoms with Gasteiger partial charge >= 0.3 is 0 Å². The van der Waals surface area contributed by atoms with Gasteiger partial charge in [-0.05, 0) is 56.0 Å². The minimum atomic E-state index is -0.458. The molecule has 7 nitrogen and oxygen atoms in total. The largest absolute Gasteiger partial charge is 0.459 e. The summed E-state index contributed by atoms with van der Waals surface area (Å²) in [5, 5.41) is 0. The van der Waals surface area contributed by atoms with E-state index in [-0.39, 0.29) is 24.4 Å². The highest BCUT2D eigenvalue weighted by molar-refractivity contribution is 5.95. The summed E-state index contributed by atoms with van der Waals surface area (Å²) in [6, 6.07) is 8.58. The number of hydrogen-bond acceptors (Lipinski definition) is 5. The van der Waals surface area contributed by atoms with Gasteiger partial charge in [0.25, 0.3) is 5.91 Å². The van der Waals surface area contributed by atoms with Crippen molar-refractivity contribution in [2.75, 3.05) is 19.9 Å². The van der Waals surface area contributed by atoms with Crippen LogP contribution in [0, 0.1) is 0 Å². The zero-order valence-electron chi connectivity index (χ0n) is 15.9. The molecule has 0 N–H and O–H groups in total. The second kappa shape index (κ2) is 7.96. The molecule has 0 spiro atoms. The maximum Gasteiger partial charge on any atom is 0.290 e. The van der Waals surface area contributed by atoms with Gasteiger partial charge in [-0.1, -0.05) is 6.07 Å². The molecule has 148 valence electrons. The molecule has 2 aliphatic rings. The van der Waals surface area contributed by atoms with Crippen molar-refractivity contribution in [1.29, 1.82) is 0 Å². The van der Waals surface area contributed by atoms with E-state index in [9.17, 15) is 9.59 Å². The lowest BCUT2D eigenvalue weighted by Gasteiger charge is -2.37. The van der Waals surface area contributed by atoms with Crippen molar-refractivity contribution < 1.29 is 23.5 Å². The number of nitrogens with zero attached hydrogens (tertiary/aromatic N) is 2. The molecule has 1 fully saturated rings. The van der Waals surface area contributed by atoms with Crippen LogP contribution in [0.25, 0.3) is 0 Å². The molecular formula is C21H24N2O5. The highest BCUT2D eigenvalue weighted by Crippen LogP contribution is 2.33. The summed E-state index contributed by atoms with van der Waals surface area (Å²) < 4.78 is 16.0. The molecular weight excluding hydrogens is 360 g/mol. The van der Waals surface area contributed by atoms with E-state index in [1.54, 1.807) is 21.9 Å². The maximum atomic E-state index is 13.3. The van der Waals surface area contributed by atoms with Gasteiger partial charge in [0.1, 0.15) is 6.04 Å². The van der Waals surface area contributed by atoms with Gasteiger partial charge in [0.05, 0.1) is 6.26 Å². The molecule has 2 aromatic rings. The van der Waals surface area contributed by atoms with Crippen LogP contribution >= 0.6 is 0 Å². The van der Waals surface area contributed by atoms with Gasteiger partial charge < -0.3 is 23.7 Å². The quantitative estimate of drug-likeness (QED) is 0.792. The van der Waals surface area contributed by atoms with Crippen LogP contribution in [0.15, 0.2) is 41.0 Å². The third-order valence-electron chi connectivity index (χ3n) is 5.28. The highest BCUT2D eigenvalue weighted by Gasteiger charge is 2.35. The fourth-order valence-corrected chi connectivity index (χ4v) is 3.79. The van der Waals surface area contributed by atoms with E-state index >= 15 is 0 Å². The van der Waals surface area contributed by atoms with Crippen LogP contribution in [0.4, 0.5) is 0 Å². The fourth-order valence-electron chi connectivity index (χ4n) is 3.79. The second-order valence-electron chi connectivity index (χ2n) is 7.03. The van der Waals surface area contributed by atoms with Gasteiger partial charge in [-0.25, -0.2) is 0 Å². The number of benzene rings is 1. The average molecular weight is 384 g/mol. The Morgan fingerprint density at radius 1 is 1.18 bits per heavy atom. The SMILES string of the molecule is CCN(Cc1ccc2c(c1)OCO2)C(=O)C1CCCCN1C(=O)c1ccco1. The number of furan rings is 1. The highest BCUT2D eigenvalue weighted by atomic mass is 16.7. The van der Waals surface area contributed by atoms with Crippen LogP contribution in [0.1, 0.15) is 42.3 Å². The predicted octanol–water partition coefficient (Wildman–Crippen LogP) is 3.05. The molecule has 0 aliphatic carbocycles. The fraction of sp³-hybridized carbons (Fsp3) is 0.429. The number of ether oxygens (including phenoxy) is 2. The van der Waals surface area contributed by atoms with Gasteiger partial charge in [-0.3, -0.25) is 9.59 Å². The van der Waals surface area contributed by atoms with Crippen molar-refractivity contribution in [3.63, 3.8) is 0 Å². The first-order valence-corrected chi connectivity index (χ1v) is 9.69. The number of carbonyl (C=O) groups is 2. The molecule has 1 saturated heterocycles. The molecule has 28 heavy (non-hydrogen) atoms. The molecule has 0 saturated carbocycles. The molecule has 2 amide bonds. The van der Waals surface area contributed by atoms with Gasteiger partial charge in [0.15, 0.2) is 17.3 Å². The van der Waals surface area contributed by atoms with Gasteiger partial charge in [-0.15, -0.1) is 0 Å². The maximum absolute atomic E-state index is 13.3. The molecule has 1 atom stereocenters. The lowest BCUT2D eigenvalue weighted by atomic mass is 10.00. The molecule has 4 rings (SSSR count). The van der Waals surface area contributed by atoms with Crippen LogP contribution in [-0.2, 0) is 11.3 Å². The minimum Gasteiger partial charge on any atom is -0.459 e. The average Bonchev–Trinajstić information content (AvgIpc) is 3.42. The topological polar surface area (TPSA) is 72.2 Å². The molecule has 7 heteroatoms. The molecule has 0 radical (unpaired) electrons. The third kappa shape index (κ3) is 3.56. The first-order chi connectivity index (χ1) is 13.7. The van der Waals surface area contributed by atoms with Crippen LogP contribution in [0.5, 0.6) is 11.5 Å². The first kappa shape index (κ1) is 18.4. The van der Waals surface area contributed by atoms with E-state index in [4.69, 9.17) is 13.9 Å². The molecule has 1 aromatic carbocycles. The number of rotatable bonds is 5. The zero-order chi connectivity index (χ0) is 19.5. The standard InChI is InChI=1S/C21H24N2O5/c1-2-22(13-15-8-9-17-19(12-15)28-14-27-17)20(24)16-6-3-4-10-23(16)21(25)18-7-5-11-26-18/h5,7-9,11-12,16H,2-4,6,10,13-14H2,1H3. The Hall–Kier alpha value is -2.96. The zero-order valence-corrected chi connectivity index (χ0v) is 15.9. The van der Waals surface area contributed by atoms with Crippen molar-refractivity contribution in [2.24, 2.45) is 0 Å². The number of piperidine rings is 1. The lowest BCUT2D eigenvalue weighted by Crippen LogP contribution is -2.52. The molecule has 3 heterocycles. The summed E-state index contributed by atoms with van der Waals surface area (Å²) in [4.78, 5) is 29.5. The summed E-state index contributed by atoms with van der Waals surface area (Å²) in [6.07, 6.45) is 3.97. The number of likely N-dealkylation sites (N-methyl/N-ethyl adjacent to an activating group) is 1. The van der Waals surface area contributed by atoms with E-state index in [0.29, 0.717) is 31.8 Å². The summed E-state index contributed by atoms with van der Waals surface area (Å²) in [5.74, 6) is 1.45. The van der Waals surface area contributed by atoms with Gasteiger partial charge in [0, 0.05) is 19.6 Å². The van der Waals surface area contributed by atoms with E-state index in [1.165, 1.54) is 6.26 Å². The molecule has 0 bridgehead atoms. The summed E-state index contributed by atoms with van der Waals surface area (Å²) in [6.45, 7) is 3.77. The van der Waals surface area contributed by atoms with Crippen molar-refractivity contribution in [2.45, 2.75) is 38.8 Å². The van der Waals surface area contributed by atoms with Crippen LogP contribution in [0.3, 0.4) is 0 Å². The van der Waals surface area contributed by atoms with E-state index < -0.39 is 6.04 Å². The van der Waals surface area contributed by atoms with E-state index in [0.717, 1.165) is 24.2 Å². The smallest absolute Gasteiger partial charge is 0.290 e. The third-order valence-corrected chi connectivity index (χ3v) is 5.28. The molecule has 2 aliphatic heterocycles. The monoisotopic (exact) mass is 384 g/mol. The number of fused-ring (bicyclic) bond motifs is 1. The molecule has 1 aromatic heterocycles. The van der Waals surface area contributed by atoms with Gasteiger partial charge in [0.2, 0.25) is 12.7 Å². The Bertz CT molecular complexity index is 848. The van der Waals surface area contributed by atoms with Crippen molar-refractivity contribution in [3.8, 4) is 11.5 Å². The Labute approximate surface area is 163 Å². The Morgan fingerprint density at radius 2 is 2.04 bits per heavy atom. The number of amides is 2. The van der Waals surface area contributed by atoms with Crippen LogP contribution in [0.2, 0.25) is 0 Å². The Balaban J connectivity index is 1.50. The molecule has 1 unspecified atom stereocenters. The predicted molar refractivity (Wildman–Crippen MR) is 101 cm³/mol. The summed E-state index contributed by atoms with van der Waals surface area (Å²) in [7, 11) is 0. The first-order valence-electron chi connectivity index (χ1n) is 9.69. The Kier molecular flexibility index (Phi) is 5.23. The van der Waals surface area contributed by atoms with Crippen LogP contribution < -0.4 is 9.47 Å². The van der Waals surface area contributed by atoms with Crippen molar-refractivity contribution in [3.05, 3.63) is 47.9 Å². The normalized spacial score (nSPS) is 18.2. The summed E-state index contributed by atoms with van der Waals surface area (Å²) >= 11 is 0. The van der Waals surface area contributed by atoms with Gasteiger partial charge in [-0.2, -0.15) is 0 Å². The van der Waals surface area contributed by atoms with Crippen LogP contribution in [-0.4, -0.2) is 47.5 Å². The van der Waals surface area contributed by atoms with Crippen molar-refractivity contribution >= 4 is 11.8 Å². The number of hydrogen-bond donors (Lipinski definition) is 0. The number of likely N-dealkylation sites (tertiary alicyclic amines) is 1. The number of carbonyl (C=O) groups excluding carboxylic acids is 2. The second-order valence-corrected chi connectivity index (χ2v) is 7.03. The minimum absolute atomic E-state index is 0.0280. The Morgan fingerprint density at radius 3 is 2.82 bits per heavy atom. The summed E-state index contributed by atoms with van der Waals surface area (Å²) in [5.41, 5.74) is 0.971. The van der Waals surface area contributed by atoms with E-state index in [1.807, 2.05) is 25.1 Å². The van der Waals surface area contributed by atoms with E-state index in [2.05, 4.69) is 0 Å².